The third-order valence-corrected chi connectivity index (χ3v) is 5.61. The molecule has 0 fully saturated rings. The molecular weight excluding hydrogens is 454 g/mol. The van der Waals surface area contributed by atoms with Gasteiger partial charge in [-0.1, -0.05) is 114 Å². The Bertz CT molecular complexity index is 939. The molecule has 0 aliphatic carbocycles. The number of amides is 1. The number of aliphatic carboxylic acids is 1. The lowest BCUT2D eigenvalue weighted by molar-refractivity contribution is -0.141. The summed E-state index contributed by atoms with van der Waals surface area (Å²) >= 11 is 3.20. The van der Waals surface area contributed by atoms with Gasteiger partial charge >= 0.3 is 5.97 Å². The molecule has 3 aromatic carbocycles. The molecular formula is C26H24BrNO3. The minimum absolute atomic E-state index is 0.0591. The van der Waals surface area contributed by atoms with Crippen LogP contribution in [0.25, 0.3) is 0 Å². The number of carboxylic acid groups (broad SMARTS) is 1. The molecule has 4 nitrogen and oxygen atoms in total. The first-order chi connectivity index (χ1) is 14.9. The van der Waals surface area contributed by atoms with E-state index in [0.717, 1.165) is 16.7 Å². The fourth-order valence-electron chi connectivity index (χ4n) is 3.88. The Kier molecular flexibility index (Phi) is 7.42. The van der Waals surface area contributed by atoms with Crippen molar-refractivity contribution in [3.05, 3.63) is 119 Å². The number of halogens is 1. The van der Waals surface area contributed by atoms with Crippen molar-refractivity contribution in [3.8, 4) is 0 Å². The summed E-state index contributed by atoms with van der Waals surface area (Å²) in [5, 5.41) is 12.2. The van der Waals surface area contributed by atoms with E-state index in [0.29, 0.717) is 4.48 Å². The maximum Gasteiger partial charge on any atom is 0.326 e. The predicted molar refractivity (Wildman–Crippen MR) is 126 cm³/mol. The van der Waals surface area contributed by atoms with E-state index in [1.165, 1.54) is 0 Å². The first-order valence-corrected chi connectivity index (χ1v) is 10.7. The van der Waals surface area contributed by atoms with Gasteiger partial charge in [-0.3, -0.25) is 4.79 Å². The van der Waals surface area contributed by atoms with Crippen LogP contribution in [0, 0.1) is 0 Å². The van der Waals surface area contributed by atoms with Crippen LogP contribution in [0.5, 0.6) is 0 Å². The Hall–Kier alpha value is -3.18. The molecule has 0 radical (unpaired) electrons. The molecule has 0 aliphatic heterocycles. The highest BCUT2D eigenvalue weighted by Crippen LogP contribution is 2.42. The number of rotatable bonds is 9. The third kappa shape index (κ3) is 5.30. The monoisotopic (exact) mass is 477 g/mol. The van der Waals surface area contributed by atoms with Crippen LogP contribution >= 0.6 is 15.9 Å². The Morgan fingerprint density at radius 3 is 1.55 bits per heavy atom. The van der Waals surface area contributed by atoms with E-state index in [1.807, 2.05) is 91.0 Å². The summed E-state index contributed by atoms with van der Waals surface area (Å²) in [5.41, 5.74) is 2.10. The SMILES string of the molecule is C=C(Br)C[C@@H](NC(=O)CC(c1ccccc1)(c1ccccc1)c1ccccc1)C(=O)O. The fraction of sp³-hybridized carbons (Fsp3) is 0.154. The van der Waals surface area contributed by atoms with Crippen LogP contribution in [0.3, 0.4) is 0 Å². The molecule has 0 heterocycles. The maximum atomic E-state index is 13.3. The van der Waals surface area contributed by atoms with Gasteiger partial charge in [-0.15, -0.1) is 0 Å². The maximum absolute atomic E-state index is 13.3. The van der Waals surface area contributed by atoms with Crippen molar-refractivity contribution >= 4 is 27.8 Å². The molecule has 158 valence electrons. The first-order valence-electron chi connectivity index (χ1n) is 9.95. The largest absolute Gasteiger partial charge is 0.480 e. The van der Waals surface area contributed by atoms with Gasteiger partial charge in [0.25, 0.3) is 0 Å². The smallest absolute Gasteiger partial charge is 0.326 e. The molecule has 0 bridgehead atoms. The molecule has 5 heteroatoms. The van der Waals surface area contributed by atoms with E-state index in [9.17, 15) is 14.7 Å². The average molecular weight is 478 g/mol. The van der Waals surface area contributed by atoms with Gasteiger partial charge in [-0.05, 0) is 21.2 Å². The number of benzene rings is 3. The Labute approximate surface area is 190 Å². The zero-order chi connectivity index (χ0) is 22.3. The lowest BCUT2D eigenvalue weighted by Gasteiger charge is -2.36. The lowest BCUT2D eigenvalue weighted by Crippen LogP contribution is -2.44. The fourth-order valence-corrected chi connectivity index (χ4v) is 4.21. The van der Waals surface area contributed by atoms with E-state index < -0.39 is 17.4 Å². The zero-order valence-corrected chi connectivity index (χ0v) is 18.6. The number of hydrogen-bond donors (Lipinski definition) is 2. The third-order valence-electron chi connectivity index (χ3n) is 5.28. The van der Waals surface area contributed by atoms with Gasteiger partial charge in [0.15, 0.2) is 0 Å². The highest BCUT2D eigenvalue weighted by atomic mass is 79.9. The van der Waals surface area contributed by atoms with Crippen molar-refractivity contribution in [1.29, 1.82) is 0 Å². The standard InChI is InChI=1S/C26H24BrNO3/c1-19(27)17-23(25(30)31)28-24(29)18-26(20-11-5-2-6-12-20,21-13-7-3-8-14-21)22-15-9-4-10-16-22/h2-16,23H,1,17-18H2,(H,28,29)(H,30,31)/t23-/m1/s1. The van der Waals surface area contributed by atoms with Gasteiger partial charge in [0.05, 0.1) is 5.41 Å². The molecule has 0 saturated heterocycles. The van der Waals surface area contributed by atoms with E-state index in [1.54, 1.807) is 0 Å². The van der Waals surface area contributed by atoms with Crippen LogP contribution in [0.15, 0.2) is 102 Å². The molecule has 0 spiro atoms. The summed E-state index contributed by atoms with van der Waals surface area (Å²) in [6.07, 6.45) is 0.166. The first kappa shape index (κ1) is 22.5. The number of carboxylic acids is 1. The minimum Gasteiger partial charge on any atom is -0.480 e. The molecule has 0 saturated carbocycles. The topological polar surface area (TPSA) is 66.4 Å². The normalized spacial score (nSPS) is 12.0. The average Bonchev–Trinajstić information content (AvgIpc) is 2.78. The second-order valence-electron chi connectivity index (χ2n) is 7.36. The number of hydrogen-bond acceptors (Lipinski definition) is 2. The van der Waals surface area contributed by atoms with Crippen molar-refractivity contribution in [3.63, 3.8) is 0 Å². The van der Waals surface area contributed by atoms with Crippen molar-refractivity contribution in [2.24, 2.45) is 0 Å². The van der Waals surface area contributed by atoms with Gasteiger partial charge < -0.3 is 10.4 Å². The quantitative estimate of drug-likeness (QED) is 0.412. The summed E-state index contributed by atoms with van der Waals surface area (Å²) in [4.78, 5) is 24.9. The summed E-state index contributed by atoms with van der Waals surface area (Å²) in [6.45, 7) is 3.70. The second kappa shape index (κ2) is 10.2. The van der Waals surface area contributed by atoms with E-state index in [-0.39, 0.29) is 18.7 Å². The summed E-state index contributed by atoms with van der Waals surface area (Å²) in [5.74, 6) is -1.45. The van der Waals surface area contributed by atoms with Crippen molar-refractivity contribution in [2.45, 2.75) is 24.3 Å². The van der Waals surface area contributed by atoms with Gasteiger partial charge in [-0.25, -0.2) is 4.79 Å². The van der Waals surface area contributed by atoms with Crippen LogP contribution in [0.1, 0.15) is 29.5 Å². The van der Waals surface area contributed by atoms with Crippen LogP contribution in [0.2, 0.25) is 0 Å². The Morgan fingerprint density at radius 1 is 0.839 bits per heavy atom. The number of nitrogens with one attached hydrogen (secondary N) is 1. The highest BCUT2D eigenvalue weighted by molar-refractivity contribution is 9.11. The molecule has 2 N–H and O–H groups in total. The number of carbonyl (C=O) groups is 2. The van der Waals surface area contributed by atoms with Crippen LogP contribution < -0.4 is 5.32 Å². The van der Waals surface area contributed by atoms with Crippen LogP contribution in [0.4, 0.5) is 0 Å². The molecule has 0 aliphatic rings. The molecule has 1 amide bonds. The van der Waals surface area contributed by atoms with Gasteiger partial charge in [0.2, 0.25) is 5.91 Å². The highest BCUT2D eigenvalue weighted by Gasteiger charge is 2.39. The predicted octanol–water partition coefficient (Wildman–Crippen LogP) is 5.28. The molecule has 0 aromatic heterocycles. The number of carbonyl (C=O) groups excluding carboxylic acids is 1. The van der Waals surface area contributed by atoms with Gasteiger partial charge in [-0.2, -0.15) is 0 Å². The minimum atomic E-state index is -1.10. The van der Waals surface area contributed by atoms with Crippen molar-refractivity contribution in [1.82, 2.24) is 5.32 Å². The lowest BCUT2D eigenvalue weighted by atomic mass is 9.67. The molecule has 3 aromatic rings. The molecule has 3 rings (SSSR count). The zero-order valence-electron chi connectivity index (χ0n) is 17.0. The summed E-state index contributed by atoms with van der Waals surface area (Å²) in [6, 6.07) is 28.5. The van der Waals surface area contributed by atoms with Crippen LogP contribution in [-0.4, -0.2) is 23.0 Å². The van der Waals surface area contributed by atoms with E-state index in [2.05, 4.69) is 27.8 Å². The van der Waals surface area contributed by atoms with Crippen LogP contribution in [-0.2, 0) is 15.0 Å². The second-order valence-corrected chi connectivity index (χ2v) is 8.48. The van der Waals surface area contributed by atoms with E-state index in [4.69, 9.17) is 0 Å². The summed E-state index contributed by atoms with van der Waals surface area (Å²) in [7, 11) is 0. The Balaban J connectivity index is 2.11. The van der Waals surface area contributed by atoms with Crippen molar-refractivity contribution in [2.75, 3.05) is 0 Å². The van der Waals surface area contributed by atoms with Crippen molar-refractivity contribution < 1.29 is 14.7 Å². The summed E-state index contributed by atoms with van der Waals surface area (Å²) < 4.78 is 0.514. The molecule has 1 atom stereocenters. The van der Waals surface area contributed by atoms with Gasteiger partial charge in [0.1, 0.15) is 6.04 Å². The molecule has 0 unspecified atom stereocenters. The van der Waals surface area contributed by atoms with Gasteiger partial charge in [0, 0.05) is 12.8 Å². The van der Waals surface area contributed by atoms with E-state index >= 15 is 0 Å². The Morgan fingerprint density at radius 2 is 1.23 bits per heavy atom. The molecule has 31 heavy (non-hydrogen) atoms.